The van der Waals surface area contributed by atoms with E-state index >= 15 is 0 Å². The number of pyridine rings is 1. The normalized spacial score (nSPS) is 11.1. The van der Waals surface area contributed by atoms with Crippen molar-refractivity contribution in [2.75, 3.05) is 118 Å². The van der Waals surface area contributed by atoms with Gasteiger partial charge in [-0.2, -0.15) is 0 Å². The van der Waals surface area contributed by atoms with E-state index in [9.17, 15) is 9.59 Å². The predicted octanol–water partition coefficient (Wildman–Crippen LogP) is 1.94. The molecule has 0 saturated heterocycles. The van der Waals surface area contributed by atoms with Gasteiger partial charge >= 0.3 is 5.97 Å². The van der Waals surface area contributed by atoms with Gasteiger partial charge in [-0.1, -0.05) is 16.9 Å². The molecule has 0 spiro atoms. The molecule has 15 heteroatoms. The van der Waals surface area contributed by atoms with Crippen LogP contribution in [0.3, 0.4) is 0 Å². The molecule has 0 aliphatic heterocycles. The second-order valence-corrected chi connectivity index (χ2v) is 10.7. The summed E-state index contributed by atoms with van der Waals surface area (Å²) in [7, 11) is 3.18. The summed E-state index contributed by atoms with van der Waals surface area (Å²) < 4.78 is 43.0. The van der Waals surface area contributed by atoms with Crippen molar-refractivity contribution in [3.8, 4) is 0 Å². The zero-order valence-corrected chi connectivity index (χ0v) is 25.9. The number of carboxylic acids is 1. The van der Waals surface area contributed by atoms with Gasteiger partial charge in [-0.05, 0) is 22.9 Å². The number of hydrogen-bond donors (Lipinski definition) is 2. The Morgan fingerprint density at radius 3 is 1.52 bits per heavy atom. The number of aromatic nitrogens is 1. The number of aliphatic carboxylic acids is 1. The Labute approximate surface area is 256 Å². The van der Waals surface area contributed by atoms with Crippen LogP contribution in [-0.2, 0) is 47.5 Å². The molecule has 0 aromatic carbocycles. The highest BCUT2D eigenvalue weighted by atomic mass is 33.1. The van der Waals surface area contributed by atoms with Crippen LogP contribution in [0.4, 0.5) is 0 Å². The van der Waals surface area contributed by atoms with Crippen LogP contribution < -0.4 is 5.32 Å². The van der Waals surface area contributed by atoms with E-state index in [4.69, 9.17) is 43.0 Å². The molecule has 13 nitrogen and oxygen atoms in total. The third kappa shape index (κ3) is 28.6. The minimum atomic E-state index is -0.876. The Morgan fingerprint density at radius 1 is 0.643 bits per heavy atom. The highest BCUT2D eigenvalue weighted by molar-refractivity contribution is 8.76. The molecule has 2 N–H and O–H groups in total. The molecule has 0 radical (unpaired) electrons. The average Bonchev–Trinajstić information content (AvgIpc) is 2.99. The van der Waals surface area contributed by atoms with E-state index in [1.807, 2.05) is 18.2 Å². The van der Waals surface area contributed by atoms with Crippen molar-refractivity contribution in [1.82, 2.24) is 10.3 Å². The lowest BCUT2D eigenvalue weighted by atomic mass is 10.4. The van der Waals surface area contributed by atoms with Gasteiger partial charge in [0.2, 0.25) is 5.91 Å². The van der Waals surface area contributed by atoms with Gasteiger partial charge in [0.05, 0.1) is 112 Å². The van der Waals surface area contributed by atoms with Gasteiger partial charge < -0.3 is 48.3 Å². The van der Waals surface area contributed by atoms with Gasteiger partial charge in [0, 0.05) is 24.9 Å². The fourth-order valence-electron chi connectivity index (χ4n) is 2.78. The van der Waals surface area contributed by atoms with E-state index < -0.39 is 5.97 Å². The van der Waals surface area contributed by atoms with Crippen LogP contribution in [0.25, 0.3) is 0 Å². The largest absolute Gasteiger partial charge is 0.481 e. The van der Waals surface area contributed by atoms with Crippen molar-refractivity contribution in [1.29, 1.82) is 0 Å². The minimum absolute atomic E-state index is 0.00409. The molecule has 1 rings (SSSR count). The van der Waals surface area contributed by atoms with Crippen molar-refractivity contribution in [3.05, 3.63) is 24.4 Å². The first-order valence-electron chi connectivity index (χ1n) is 14.0. The number of amides is 1. The Balaban J connectivity index is 1.66. The van der Waals surface area contributed by atoms with Crippen molar-refractivity contribution in [2.24, 2.45) is 0 Å². The maximum atomic E-state index is 11.8. The van der Waals surface area contributed by atoms with Crippen LogP contribution in [0.2, 0.25) is 0 Å². The van der Waals surface area contributed by atoms with Crippen LogP contribution >= 0.6 is 21.6 Å². The van der Waals surface area contributed by atoms with Crippen LogP contribution in [-0.4, -0.2) is 140 Å². The molecule has 1 aromatic heterocycles. The number of nitrogens with one attached hydrogen (secondary N) is 1. The average molecular weight is 639 g/mol. The zero-order valence-electron chi connectivity index (χ0n) is 24.2. The number of rotatable bonds is 32. The number of hydrogen-bond acceptors (Lipinski definition) is 13. The molecule has 0 aliphatic rings. The topological polar surface area (TPSA) is 153 Å². The number of carbonyl (C=O) groups is 2. The minimum Gasteiger partial charge on any atom is -0.481 e. The molecule has 0 fully saturated rings. The van der Waals surface area contributed by atoms with Gasteiger partial charge in [-0.3, -0.25) is 9.59 Å². The molecular weight excluding hydrogens is 592 g/mol. The van der Waals surface area contributed by atoms with E-state index in [0.717, 1.165) is 10.8 Å². The Hall–Kier alpha value is -1.53. The summed E-state index contributed by atoms with van der Waals surface area (Å²) in [5.41, 5.74) is 0. The molecule has 1 aromatic rings. The van der Waals surface area contributed by atoms with Gasteiger partial charge in [0.1, 0.15) is 5.03 Å². The van der Waals surface area contributed by atoms with Crippen LogP contribution in [0.15, 0.2) is 29.4 Å². The smallest absolute Gasteiger partial charge is 0.305 e. The lowest BCUT2D eigenvalue weighted by molar-refractivity contribution is -0.138. The Kier molecular flexibility index (Phi) is 28.3. The van der Waals surface area contributed by atoms with Gasteiger partial charge in [0.15, 0.2) is 0 Å². The first-order chi connectivity index (χ1) is 20.7. The SMILES string of the molecule is O=C(O)CCOCCOCCOCCOCCOCCOCCOCCOCCNC(=O)CCSSc1ccccn1. The number of nitrogens with zero attached hydrogens (tertiary/aromatic N) is 1. The van der Waals surface area contributed by atoms with E-state index in [-0.39, 0.29) is 18.9 Å². The molecule has 42 heavy (non-hydrogen) atoms. The molecule has 0 aliphatic carbocycles. The number of carboxylic acid groups (broad SMARTS) is 1. The maximum Gasteiger partial charge on any atom is 0.305 e. The molecule has 0 unspecified atom stereocenters. The summed E-state index contributed by atoms with van der Waals surface area (Å²) in [5.74, 6) is -0.143. The van der Waals surface area contributed by atoms with Gasteiger partial charge in [-0.25, -0.2) is 4.98 Å². The summed E-state index contributed by atoms with van der Waals surface area (Å²) in [5, 5.41) is 12.3. The van der Waals surface area contributed by atoms with Gasteiger partial charge in [-0.15, -0.1) is 0 Å². The van der Waals surface area contributed by atoms with Crippen LogP contribution in [0.1, 0.15) is 12.8 Å². The number of ether oxygens (including phenoxy) is 8. The fraction of sp³-hybridized carbons (Fsp3) is 0.741. The van der Waals surface area contributed by atoms with Crippen molar-refractivity contribution < 1.29 is 52.6 Å². The zero-order chi connectivity index (χ0) is 30.2. The van der Waals surface area contributed by atoms with Crippen LogP contribution in [0, 0.1) is 0 Å². The fourth-order valence-corrected chi connectivity index (χ4v) is 4.65. The first-order valence-corrected chi connectivity index (χ1v) is 16.3. The summed E-state index contributed by atoms with van der Waals surface area (Å²) in [6.07, 6.45) is 2.21. The molecule has 242 valence electrons. The van der Waals surface area contributed by atoms with E-state index in [2.05, 4.69) is 10.3 Å². The van der Waals surface area contributed by atoms with E-state index in [0.29, 0.717) is 112 Å². The molecule has 1 amide bonds. The highest BCUT2D eigenvalue weighted by Gasteiger charge is 2.02. The third-order valence-corrected chi connectivity index (χ3v) is 7.09. The summed E-state index contributed by atoms with van der Waals surface area (Å²) in [4.78, 5) is 26.4. The lowest BCUT2D eigenvalue weighted by Gasteiger charge is -2.09. The molecule has 0 bridgehead atoms. The standard InChI is InChI=1S/C27H46N2O11S2/c30-25(5-24-41-42-26-3-1-2-6-29-26)28-7-9-34-11-13-36-15-17-38-19-21-40-23-22-39-20-18-37-16-14-35-12-10-33-8-4-27(31)32/h1-3,6H,4-5,7-24H2,(H,28,30)(H,31,32). The van der Waals surface area contributed by atoms with Crippen molar-refractivity contribution in [2.45, 2.75) is 17.9 Å². The number of carbonyl (C=O) groups excluding carboxylic acids is 1. The Bertz CT molecular complexity index is 754. The maximum absolute atomic E-state index is 11.8. The molecule has 0 atom stereocenters. The second kappa shape index (κ2) is 30.9. The molecule has 0 saturated carbocycles. The van der Waals surface area contributed by atoms with E-state index in [1.165, 1.54) is 0 Å². The molecular formula is C27H46N2O11S2. The first kappa shape index (κ1) is 38.5. The second-order valence-electron chi connectivity index (χ2n) is 8.22. The third-order valence-electron chi connectivity index (χ3n) is 4.83. The van der Waals surface area contributed by atoms with Crippen molar-refractivity contribution >= 4 is 33.5 Å². The summed E-state index contributed by atoms with van der Waals surface area (Å²) >= 11 is 0. The quantitative estimate of drug-likeness (QED) is 0.0873. The predicted molar refractivity (Wildman–Crippen MR) is 159 cm³/mol. The van der Waals surface area contributed by atoms with Gasteiger partial charge in [0.25, 0.3) is 0 Å². The van der Waals surface area contributed by atoms with Crippen LogP contribution in [0.5, 0.6) is 0 Å². The summed E-state index contributed by atoms with van der Waals surface area (Å²) in [6.45, 7) is 7.52. The highest BCUT2D eigenvalue weighted by Crippen LogP contribution is 2.29. The lowest BCUT2D eigenvalue weighted by Crippen LogP contribution is -2.27. The molecule has 1 heterocycles. The van der Waals surface area contributed by atoms with E-state index in [1.54, 1.807) is 27.8 Å². The Morgan fingerprint density at radius 2 is 1.10 bits per heavy atom. The summed E-state index contributed by atoms with van der Waals surface area (Å²) in [6, 6.07) is 5.76. The monoisotopic (exact) mass is 638 g/mol. The van der Waals surface area contributed by atoms with Crippen molar-refractivity contribution in [3.63, 3.8) is 0 Å².